The van der Waals surface area contributed by atoms with E-state index in [1.165, 1.54) is 32.4 Å². The Morgan fingerprint density at radius 3 is 2.70 bits per heavy atom. The van der Waals surface area contributed by atoms with E-state index in [-0.39, 0.29) is 6.61 Å². The molecule has 0 saturated carbocycles. The summed E-state index contributed by atoms with van der Waals surface area (Å²) in [6.45, 7) is 4.23. The number of piperidine rings is 1. The molecule has 0 atom stereocenters. The van der Waals surface area contributed by atoms with Gasteiger partial charge >= 0.3 is 0 Å². The van der Waals surface area contributed by atoms with Crippen LogP contribution in [0, 0.1) is 0 Å². The quantitative estimate of drug-likeness (QED) is 0.831. The van der Waals surface area contributed by atoms with Crippen LogP contribution < -0.4 is 5.73 Å². The van der Waals surface area contributed by atoms with Crippen LogP contribution in [0.1, 0.15) is 25.1 Å². The standard InChI is InChI=1S/C15H22N4O/c16-12-4-5-14-13(10-12)17-15(11-20)19(14)9-8-18-6-2-1-3-7-18/h4-5,10,20H,1-3,6-9,11,16H2. The zero-order valence-corrected chi connectivity index (χ0v) is 11.8. The summed E-state index contributed by atoms with van der Waals surface area (Å²) in [5.74, 6) is 0.725. The number of likely N-dealkylation sites (tertiary alicyclic amines) is 1. The summed E-state index contributed by atoms with van der Waals surface area (Å²) < 4.78 is 2.11. The molecule has 3 rings (SSSR count). The largest absolute Gasteiger partial charge is 0.399 e. The molecule has 5 heteroatoms. The van der Waals surface area contributed by atoms with E-state index < -0.39 is 0 Å². The van der Waals surface area contributed by atoms with Crippen molar-refractivity contribution in [3.8, 4) is 0 Å². The Labute approximate surface area is 119 Å². The highest BCUT2D eigenvalue weighted by molar-refractivity contribution is 5.79. The molecule has 20 heavy (non-hydrogen) atoms. The van der Waals surface area contributed by atoms with Crippen LogP contribution in [-0.4, -0.2) is 39.2 Å². The van der Waals surface area contributed by atoms with Crippen LogP contribution in [-0.2, 0) is 13.2 Å². The first-order valence-electron chi connectivity index (χ1n) is 7.36. The molecule has 0 aliphatic carbocycles. The van der Waals surface area contributed by atoms with Crippen LogP contribution >= 0.6 is 0 Å². The molecule has 0 bridgehead atoms. The molecule has 1 aliphatic heterocycles. The van der Waals surface area contributed by atoms with Gasteiger partial charge in [0.05, 0.1) is 11.0 Å². The maximum Gasteiger partial charge on any atom is 0.135 e. The Hall–Kier alpha value is -1.59. The number of nitrogens with zero attached hydrogens (tertiary/aromatic N) is 3. The molecule has 0 radical (unpaired) electrons. The van der Waals surface area contributed by atoms with E-state index in [4.69, 9.17) is 5.73 Å². The first-order valence-corrected chi connectivity index (χ1v) is 7.36. The minimum Gasteiger partial charge on any atom is -0.399 e. The average molecular weight is 274 g/mol. The van der Waals surface area contributed by atoms with Gasteiger partial charge in [-0.05, 0) is 44.1 Å². The highest BCUT2D eigenvalue weighted by Gasteiger charge is 2.13. The molecule has 108 valence electrons. The van der Waals surface area contributed by atoms with E-state index in [0.717, 1.165) is 29.9 Å². The molecule has 1 saturated heterocycles. The van der Waals surface area contributed by atoms with E-state index in [1.54, 1.807) is 0 Å². The third kappa shape index (κ3) is 2.64. The summed E-state index contributed by atoms with van der Waals surface area (Å²) in [4.78, 5) is 6.96. The molecule has 1 aromatic carbocycles. The summed E-state index contributed by atoms with van der Waals surface area (Å²) in [5, 5.41) is 9.50. The molecule has 3 N–H and O–H groups in total. The Bertz CT molecular complexity index is 587. The predicted molar refractivity (Wildman–Crippen MR) is 80.4 cm³/mol. The van der Waals surface area contributed by atoms with Gasteiger partial charge in [-0.3, -0.25) is 0 Å². The zero-order valence-electron chi connectivity index (χ0n) is 11.8. The van der Waals surface area contributed by atoms with Gasteiger partial charge in [0.1, 0.15) is 12.4 Å². The molecule has 1 aliphatic rings. The normalized spacial score (nSPS) is 16.9. The first-order chi connectivity index (χ1) is 9.78. The van der Waals surface area contributed by atoms with Gasteiger partial charge in [0.15, 0.2) is 0 Å². The molecule has 0 amide bonds. The lowest BCUT2D eigenvalue weighted by molar-refractivity contribution is 0.216. The smallest absolute Gasteiger partial charge is 0.135 e. The third-order valence-electron chi connectivity index (χ3n) is 4.08. The second-order valence-corrected chi connectivity index (χ2v) is 5.49. The van der Waals surface area contributed by atoms with Crippen LogP contribution in [0.3, 0.4) is 0 Å². The van der Waals surface area contributed by atoms with Gasteiger partial charge in [-0.25, -0.2) is 4.98 Å². The Balaban J connectivity index is 1.81. The van der Waals surface area contributed by atoms with E-state index in [1.807, 2.05) is 18.2 Å². The van der Waals surface area contributed by atoms with E-state index >= 15 is 0 Å². The lowest BCUT2D eigenvalue weighted by atomic mass is 10.1. The molecule has 5 nitrogen and oxygen atoms in total. The summed E-state index contributed by atoms with van der Waals surface area (Å²) in [5.41, 5.74) is 8.43. The monoisotopic (exact) mass is 274 g/mol. The number of aliphatic hydroxyl groups is 1. The summed E-state index contributed by atoms with van der Waals surface area (Å²) >= 11 is 0. The Morgan fingerprint density at radius 1 is 1.15 bits per heavy atom. The van der Waals surface area contributed by atoms with Gasteiger partial charge in [0.2, 0.25) is 0 Å². The van der Waals surface area contributed by atoms with Crippen LogP contribution in [0.15, 0.2) is 18.2 Å². The van der Waals surface area contributed by atoms with Crippen molar-refractivity contribution in [1.29, 1.82) is 0 Å². The fraction of sp³-hybridized carbons (Fsp3) is 0.533. The maximum absolute atomic E-state index is 9.50. The fourth-order valence-electron chi connectivity index (χ4n) is 2.99. The van der Waals surface area contributed by atoms with Gasteiger partial charge in [-0.2, -0.15) is 0 Å². The molecular formula is C15H22N4O. The highest BCUT2D eigenvalue weighted by Crippen LogP contribution is 2.19. The Kier molecular flexibility index (Phi) is 3.89. The van der Waals surface area contributed by atoms with Gasteiger partial charge in [-0.15, -0.1) is 0 Å². The lowest BCUT2D eigenvalue weighted by Crippen LogP contribution is -2.32. The number of hydrogen-bond donors (Lipinski definition) is 2. The molecule has 1 aromatic heterocycles. The maximum atomic E-state index is 9.50. The number of nitrogens with two attached hydrogens (primary N) is 1. The van der Waals surface area contributed by atoms with Crippen molar-refractivity contribution in [3.05, 3.63) is 24.0 Å². The molecule has 2 aromatic rings. The molecular weight excluding hydrogens is 252 g/mol. The van der Waals surface area contributed by atoms with Gasteiger partial charge in [-0.1, -0.05) is 6.42 Å². The summed E-state index contributed by atoms with van der Waals surface area (Å²) in [6, 6.07) is 5.75. The average Bonchev–Trinajstić information content (AvgIpc) is 2.83. The van der Waals surface area contributed by atoms with E-state index in [9.17, 15) is 5.11 Å². The summed E-state index contributed by atoms with van der Waals surface area (Å²) in [7, 11) is 0. The van der Waals surface area contributed by atoms with Gasteiger partial charge < -0.3 is 20.3 Å². The lowest BCUT2D eigenvalue weighted by Gasteiger charge is -2.26. The third-order valence-corrected chi connectivity index (χ3v) is 4.08. The molecule has 1 fully saturated rings. The van der Waals surface area contributed by atoms with Gasteiger partial charge in [0, 0.05) is 18.8 Å². The Morgan fingerprint density at radius 2 is 1.95 bits per heavy atom. The number of benzene rings is 1. The topological polar surface area (TPSA) is 67.3 Å². The zero-order chi connectivity index (χ0) is 13.9. The number of aromatic nitrogens is 2. The van der Waals surface area contributed by atoms with Crippen molar-refractivity contribution < 1.29 is 5.11 Å². The van der Waals surface area contributed by atoms with Crippen LogP contribution in [0.25, 0.3) is 11.0 Å². The van der Waals surface area contributed by atoms with Crippen LogP contribution in [0.5, 0.6) is 0 Å². The number of anilines is 1. The second kappa shape index (κ2) is 5.81. The van der Waals surface area contributed by atoms with Crippen LogP contribution in [0.2, 0.25) is 0 Å². The number of fused-ring (bicyclic) bond motifs is 1. The molecule has 0 spiro atoms. The van der Waals surface area contributed by atoms with Gasteiger partial charge in [0.25, 0.3) is 0 Å². The van der Waals surface area contributed by atoms with Crippen molar-refractivity contribution in [2.75, 3.05) is 25.4 Å². The first kappa shape index (κ1) is 13.4. The number of imidazole rings is 1. The second-order valence-electron chi connectivity index (χ2n) is 5.49. The minimum absolute atomic E-state index is 0.0332. The number of hydrogen-bond acceptors (Lipinski definition) is 4. The fourth-order valence-corrected chi connectivity index (χ4v) is 2.99. The van der Waals surface area contributed by atoms with Crippen molar-refractivity contribution in [2.45, 2.75) is 32.4 Å². The number of nitrogen functional groups attached to an aromatic ring is 1. The minimum atomic E-state index is -0.0332. The molecule has 0 unspecified atom stereocenters. The van der Waals surface area contributed by atoms with E-state index in [0.29, 0.717) is 5.69 Å². The van der Waals surface area contributed by atoms with Crippen molar-refractivity contribution >= 4 is 16.7 Å². The van der Waals surface area contributed by atoms with Crippen molar-refractivity contribution in [3.63, 3.8) is 0 Å². The molecule has 2 heterocycles. The summed E-state index contributed by atoms with van der Waals surface area (Å²) in [6.07, 6.45) is 3.95. The van der Waals surface area contributed by atoms with Crippen LogP contribution in [0.4, 0.5) is 5.69 Å². The van der Waals surface area contributed by atoms with E-state index in [2.05, 4.69) is 14.5 Å². The number of rotatable bonds is 4. The van der Waals surface area contributed by atoms with Crippen molar-refractivity contribution in [2.24, 2.45) is 0 Å². The highest BCUT2D eigenvalue weighted by atomic mass is 16.3. The number of aliphatic hydroxyl groups excluding tert-OH is 1. The SMILES string of the molecule is Nc1ccc2c(c1)nc(CO)n2CCN1CCCCC1. The van der Waals surface area contributed by atoms with Crippen molar-refractivity contribution in [1.82, 2.24) is 14.5 Å². The predicted octanol–water partition coefficient (Wildman–Crippen LogP) is 1.60.